The van der Waals surface area contributed by atoms with Crippen LogP contribution in [0.4, 0.5) is 23.4 Å². The first-order chi connectivity index (χ1) is 22.7. The first-order valence-corrected chi connectivity index (χ1v) is 15.7. The van der Waals surface area contributed by atoms with Crippen LogP contribution in [-0.2, 0) is 4.74 Å². The van der Waals surface area contributed by atoms with E-state index in [1.807, 2.05) is 0 Å². The number of hydrogen-bond acceptors (Lipinski definition) is 9. The molecule has 0 spiro atoms. The summed E-state index contributed by atoms with van der Waals surface area (Å²) in [5.74, 6) is 1.11. The Kier molecular flexibility index (Phi) is 6.15. The molecule has 47 heavy (non-hydrogen) atoms. The minimum atomic E-state index is -2.59. The Morgan fingerprint density at radius 1 is 1.13 bits per heavy atom. The summed E-state index contributed by atoms with van der Waals surface area (Å²) in [6, 6.07) is 5.62. The first kappa shape index (κ1) is 28.8. The van der Waals surface area contributed by atoms with Gasteiger partial charge in [0.2, 0.25) is 5.88 Å². The van der Waals surface area contributed by atoms with Crippen molar-refractivity contribution in [2.24, 2.45) is 5.41 Å². The fraction of sp³-hybridized carbons (Fsp3) is 0.441. The summed E-state index contributed by atoms with van der Waals surface area (Å²) in [5.41, 5.74) is -2.47. The van der Waals surface area contributed by atoms with Gasteiger partial charge in [-0.15, -0.1) is 6.42 Å². The summed E-state index contributed by atoms with van der Waals surface area (Å²) in [5, 5.41) is 15.1. The number of phenolic OH excluding ortho intramolecular Hbond substituents is 1. The minimum absolute atomic E-state index is 0.00637. The van der Waals surface area contributed by atoms with Crippen molar-refractivity contribution in [1.82, 2.24) is 20.3 Å². The molecule has 242 valence electrons. The van der Waals surface area contributed by atoms with Gasteiger partial charge in [-0.3, -0.25) is 0 Å². The van der Waals surface area contributed by atoms with Gasteiger partial charge in [0.1, 0.15) is 39.6 Å². The van der Waals surface area contributed by atoms with Crippen LogP contribution >= 0.6 is 0 Å². The summed E-state index contributed by atoms with van der Waals surface area (Å²) >= 11 is 0. The van der Waals surface area contributed by atoms with E-state index in [4.69, 9.17) is 25.6 Å². The maximum atomic E-state index is 17.0. The molecule has 13 heteroatoms. The van der Waals surface area contributed by atoms with Crippen LogP contribution in [0.1, 0.15) is 37.7 Å². The van der Waals surface area contributed by atoms with E-state index < -0.39 is 29.1 Å². The molecule has 2 aromatic carbocycles. The molecule has 3 atom stereocenters. The Morgan fingerprint density at radius 2 is 1.98 bits per heavy atom. The van der Waals surface area contributed by atoms with E-state index in [1.54, 1.807) is 0 Å². The molecule has 4 bridgehead atoms. The highest BCUT2D eigenvalue weighted by atomic mass is 19.3. The van der Waals surface area contributed by atoms with Crippen molar-refractivity contribution in [1.29, 1.82) is 0 Å². The molecule has 7 heterocycles. The van der Waals surface area contributed by atoms with Crippen LogP contribution in [0.5, 0.6) is 17.6 Å². The molecule has 0 radical (unpaired) electrons. The molecule has 0 unspecified atom stereocenters. The second-order valence-electron chi connectivity index (χ2n) is 13.5. The van der Waals surface area contributed by atoms with Gasteiger partial charge in [0.25, 0.3) is 6.43 Å². The molecule has 1 saturated carbocycles. The smallest absolute Gasteiger partial charge is 0.319 e. The number of piperazine rings is 1. The second-order valence-corrected chi connectivity index (χ2v) is 13.5. The zero-order chi connectivity index (χ0) is 32.2. The number of nitrogens with zero attached hydrogens (tertiary/aromatic N) is 4. The van der Waals surface area contributed by atoms with Crippen LogP contribution < -0.4 is 19.7 Å². The summed E-state index contributed by atoms with van der Waals surface area (Å²) in [6.07, 6.45) is 6.01. The number of halogens is 4. The third-order valence-corrected chi connectivity index (χ3v) is 10.6. The van der Waals surface area contributed by atoms with Crippen molar-refractivity contribution in [3.63, 3.8) is 0 Å². The van der Waals surface area contributed by atoms with Gasteiger partial charge in [-0.1, -0.05) is 12.0 Å². The van der Waals surface area contributed by atoms with Gasteiger partial charge in [-0.25, -0.2) is 22.5 Å². The van der Waals surface area contributed by atoms with E-state index in [0.717, 1.165) is 12.8 Å². The lowest BCUT2D eigenvalue weighted by Crippen LogP contribution is -2.59. The molecule has 10 rings (SSSR count). The number of aromatic hydroxyl groups is 1. The molecule has 5 aliphatic heterocycles. The van der Waals surface area contributed by atoms with Crippen LogP contribution in [0.15, 0.2) is 24.3 Å². The lowest BCUT2D eigenvalue weighted by molar-refractivity contribution is -0.133. The molecule has 2 N–H and O–H groups in total. The molecule has 4 saturated heterocycles. The Hall–Kier alpha value is -4.41. The van der Waals surface area contributed by atoms with E-state index in [0.29, 0.717) is 24.2 Å². The average molecular weight is 648 g/mol. The maximum Gasteiger partial charge on any atom is 0.319 e. The SMILES string of the molecule is C#Cc1c(F)ccc2cc(O)cc(-c3nc4c5c(nc(OCC67COC(C(F)F)(C6)C7)nc5c3F)N3C[C@H]5CC[C@H](N5)[C@H]3CCO4)c12. The molecule has 6 aliphatic rings. The van der Waals surface area contributed by atoms with Crippen molar-refractivity contribution in [2.75, 3.05) is 31.3 Å². The van der Waals surface area contributed by atoms with Crippen molar-refractivity contribution >= 4 is 27.5 Å². The number of aromatic nitrogens is 3. The van der Waals surface area contributed by atoms with Gasteiger partial charge in [0, 0.05) is 47.5 Å². The van der Waals surface area contributed by atoms with Gasteiger partial charge in [0.15, 0.2) is 5.82 Å². The van der Waals surface area contributed by atoms with Crippen LogP contribution in [0.3, 0.4) is 0 Å². The molecular weight excluding hydrogens is 618 g/mol. The number of pyridine rings is 1. The lowest BCUT2D eigenvalue weighted by atomic mass is 9.63. The van der Waals surface area contributed by atoms with E-state index in [1.165, 1.54) is 24.3 Å². The van der Waals surface area contributed by atoms with E-state index in [9.17, 15) is 18.3 Å². The number of ether oxygens (including phenoxy) is 3. The molecule has 4 aromatic rings. The number of hydrogen-bond donors (Lipinski definition) is 2. The largest absolute Gasteiger partial charge is 0.508 e. The molecule has 5 fully saturated rings. The average Bonchev–Trinajstić information content (AvgIpc) is 3.73. The van der Waals surface area contributed by atoms with Crippen molar-refractivity contribution in [3.8, 4) is 41.2 Å². The lowest BCUT2D eigenvalue weighted by Gasteiger charge is -2.43. The Balaban J connectivity index is 1.23. The summed E-state index contributed by atoms with van der Waals surface area (Å²) in [6.45, 7) is 1.05. The Morgan fingerprint density at radius 3 is 2.77 bits per heavy atom. The van der Waals surface area contributed by atoms with Crippen molar-refractivity contribution in [2.45, 2.75) is 62.3 Å². The Labute approximate surface area is 266 Å². The van der Waals surface area contributed by atoms with Gasteiger partial charge >= 0.3 is 6.01 Å². The van der Waals surface area contributed by atoms with Crippen molar-refractivity contribution in [3.05, 3.63) is 41.5 Å². The number of nitrogens with one attached hydrogen (secondary N) is 1. The highest BCUT2D eigenvalue weighted by Crippen LogP contribution is 2.60. The minimum Gasteiger partial charge on any atom is -0.508 e. The number of rotatable bonds is 5. The molecule has 9 nitrogen and oxygen atoms in total. The van der Waals surface area contributed by atoms with Gasteiger partial charge < -0.3 is 29.5 Å². The molecule has 2 aromatic heterocycles. The summed E-state index contributed by atoms with van der Waals surface area (Å²) in [7, 11) is 0. The summed E-state index contributed by atoms with van der Waals surface area (Å²) in [4.78, 5) is 16.1. The number of terminal acetylenes is 1. The van der Waals surface area contributed by atoms with E-state index in [2.05, 4.69) is 26.1 Å². The maximum absolute atomic E-state index is 17.0. The first-order valence-electron chi connectivity index (χ1n) is 15.7. The fourth-order valence-corrected chi connectivity index (χ4v) is 8.47. The monoisotopic (exact) mass is 647 g/mol. The predicted molar refractivity (Wildman–Crippen MR) is 163 cm³/mol. The number of benzene rings is 2. The Bertz CT molecular complexity index is 2030. The predicted octanol–water partition coefficient (Wildman–Crippen LogP) is 5.09. The zero-order valence-corrected chi connectivity index (χ0v) is 25.0. The van der Waals surface area contributed by atoms with E-state index >= 15 is 4.39 Å². The highest BCUT2D eigenvalue weighted by molar-refractivity contribution is 6.04. The number of phenols is 1. The number of alkyl halides is 2. The number of anilines is 1. The van der Waals surface area contributed by atoms with Crippen LogP contribution in [0.25, 0.3) is 32.9 Å². The molecule has 1 aliphatic carbocycles. The molecule has 0 amide bonds. The van der Waals surface area contributed by atoms with Gasteiger partial charge in [-0.2, -0.15) is 9.97 Å². The summed E-state index contributed by atoms with van der Waals surface area (Å²) < 4.78 is 77.0. The van der Waals surface area contributed by atoms with Gasteiger partial charge in [-0.05, 0) is 49.3 Å². The van der Waals surface area contributed by atoms with Crippen molar-refractivity contribution < 1.29 is 36.9 Å². The quantitative estimate of drug-likeness (QED) is 0.227. The van der Waals surface area contributed by atoms with Crippen LogP contribution in [-0.4, -0.2) is 76.6 Å². The van der Waals surface area contributed by atoms with E-state index in [-0.39, 0.29) is 102 Å². The standard InChI is InChI=1S/C34H29F4N5O4/c1-2-19-21(35)5-3-16-9-18(44)10-20(24(16)19)27-26(36)28-25-29(42-32(41-28)46-14-33-12-34(13-33,31(37)38)47-15-33)43-11-17-4-6-22(39-17)23(43)7-8-45-30(25)40-27/h1,3,5,9-10,17,22-23,31,39,44H,4,6-8,11-15H2/t17-,22+,23-,33?,34?/m1/s1. The zero-order valence-electron chi connectivity index (χ0n) is 25.0. The third kappa shape index (κ3) is 4.20. The number of fused-ring (bicyclic) bond motifs is 7. The molecular formula is C34H29F4N5O4. The highest BCUT2D eigenvalue weighted by Gasteiger charge is 2.67. The topological polar surface area (TPSA) is 102 Å². The second kappa shape index (κ2) is 10.0. The normalized spacial score (nSPS) is 28.9. The third-order valence-electron chi connectivity index (χ3n) is 10.6. The van der Waals surface area contributed by atoms with Crippen LogP contribution in [0.2, 0.25) is 0 Å². The van der Waals surface area contributed by atoms with Gasteiger partial charge in [0.05, 0.1) is 25.4 Å². The fourth-order valence-electron chi connectivity index (χ4n) is 8.47. The van der Waals surface area contributed by atoms with Crippen LogP contribution in [0, 0.1) is 29.4 Å².